The lowest BCUT2D eigenvalue weighted by Crippen LogP contribution is -2.49. The Morgan fingerprint density at radius 3 is 2.38 bits per heavy atom. The van der Waals surface area contributed by atoms with E-state index in [1.165, 1.54) is 0 Å². The van der Waals surface area contributed by atoms with Crippen LogP contribution in [-0.2, 0) is 4.79 Å². The summed E-state index contributed by atoms with van der Waals surface area (Å²) in [4.78, 5) is 30.8. The third kappa shape index (κ3) is 3.83. The summed E-state index contributed by atoms with van der Waals surface area (Å²) in [5.74, 6) is 1.87. The molecule has 0 spiro atoms. The van der Waals surface area contributed by atoms with Crippen molar-refractivity contribution in [3.8, 4) is 0 Å². The molecule has 1 amide bonds. The lowest BCUT2D eigenvalue weighted by atomic mass is 9.99. The number of nitrogens with zero attached hydrogens (tertiary/aromatic N) is 5. The van der Waals surface area contributed by atoms with Gasteiger partial charge in [-0.05, 0) is 26.8 Å². The quantitative estimate of drug-likeness (QED) is 0.836. The molecule has 0 aromatic carbocycles. The maximum Gasteiger partial charge on any atom is 0.231 e. The summed E-state index contributed by atoms with van der Waals surface area (Å²) in [5, 5.41) is 3.15. The first-order valence-corrected chi connectivity index (χ1v) is 7.84. The number of carbonyl (C=O) groups excluding carboxylic acids is 1. The van der Waals surface area contributed by atoms with Crippen LogP contribution in [0.3, 0.4) is 0 Å². The predicted molar refractivity (Wildman–Crippen MR) is 89.9 cm³/mol. The molecule has 2 aromatic rings. The minimum atomic E-state index is -0.312. The second kappa shape index (κ2) is 6.48. The fourth-order valence-corrected chi connectivity index (χ4v) is 2.82. The molecule has 0 bridgehead atoms. The molecule has 3 N–H and O–H groups in total. The zero-order valence-corrected chi connectivity index (χ0v) is 14.1. The molecule has 8 heteroatoms. The summed E-state index contributed by atoms with van der Waals surface area (Å²) in [6.45, 7) is 7.55. The molecule has 126 valence electrons. The van der Waals surface area contributed by atoms with Crippen LogP contribution in [0.2, 0.25) is 0 Å². The number of aryl methyl sites for hydroxylation is 3. The van der Waals surface area contributed by atoms with Crippen molar-refractivity contribution in [2.24, 2.45) is 5.73 Å². The fraction of sp³-hybridized carbons (Fsp3) is 0.438. The molecule has 0 atom stereocenters. The van der Waals surface area contributed by atoms with Crippen molar-refractivity contribution >= 4 is 17.7 Å². The van der Waals surface area contributed by atoms with Gasteiger partial charge in [0.1, 0.15) is 11.6 Å². The van der Waals surface area contributed by atoms with Gasteiger partial charge in [-0.15, -0.1) is 0 Å². The lowest BCUT2D eigenvalue weighted by molar-refractivity contribution is -0.120. The molecule has 0 saturated carbocycles. The molecule has 1 aliphatic heterocycles. The Morgan fingerprint density at radius 1 is 1.12 bits per heavy atom. The van der Waals surface area contributed by atoms with Crippen molar-refractivity contribution in [2.75, 3.05) is 25.0 Å². The van der Waals surface area contributed by atoms with Gasteiger partial charge in [-0.1, -0.05) is 0 Å². The third-order valence-corrected chi connectivity index (χ3v) is 3.80. The molecule has 0 aliphatic carbocycles. The van der Waals surface area contributed by atoms with Crippen LogP contribution in [0.5, 0.6) is 0 Å². The summed E-state index contributed by atoms with van der Waals surface area (Å²) in [6, 6.07) is 3.79. The van der Waals surface area contributed by atoms with Crippen LogP contribution in [0.4, 0.5) is 11.8 Å². The van der Waals surface area contributed by atoms with Gasteiger partial charge >= 0.3 is 0 Å². The highest BCUT2D eigenvalue weighted by Crippen LogP contribution is 2.25. The van der Waals surface area contributed by atoms with Crippen LogP contribution in [0.1, 0.15) is 28.8 Å². The Balaban J connectivity index is 1.74. The highest BCUT2D eigenvalue weighted by Gasteiger charge is 2.31. The number of nitrogens with one attached hydrogen (secondary N) is 1. The average molecular weight is 327 g/mol. The molecule has 24 heavy (non-hydrogen) atoms. The molecular weight excluding hydrogens is 306 g/mol. The van der Waals surface area contributed by atoms with Gasteiger partial charge in [-0.3, -0.25) is 9.69 Å². The largest absolute Gasteiger partial charge is 0.369 e. The van der Waals surface area contributed by atoms with Crippen LogP contribution in [-0.4, -0.2) is 50.4 Å². The molecule has 1 saturated heterocycles. The first-order valence-electron chi connectivity index (χ1n) is 7.84. The lowest BCUT2D eigenvalue weighted by Gasteiger charge is -2.37. The molecule has 1 fully saturated rings. The smallest absolute Gasteiger partial charge is 0.231 e. The fourth-order valence-electron chi connectivity index (χ4n) is 2.82. The highest BCUT2D eigenvalue weighted by molar-refractivity contribution is 5.76. The average Bonchev–Trinajstić information content (AvgIpc) is 2.40. The molecule has 3 heterocycles. The number of anilines is 2. The van der Waals surface area contributed by atoms with E-state index in [1.54, 1.807) is 0 Å². The van der Waals surface area contributed by atoms with Gasteiger partial charge in [0.15, 0.2) is 0 Å². The topological polar surface area (TPSA) is 110 Å². The molecular formula is C16H21N7O. The van der Waals surface area contributed by atoms with Gasteiger partial charge in [-0.25, -0.2) is 19.9 Å². The van der Waals surface area contributed by atoms with E-state index in [4.69, 9.17) is 5.73 Å². The molecule has 1 aliphatic rings. The summed E-state index contributed by atoms with van der Waals surface area (Å²) in [7, 11) is 0. The highest BCUT2D eigenvalue weighted by atomic mass is 16.1. The molecule has 3 rings (SSSR count). The van der Waals surface area contributed by atoms with E-state index in [1.807, 2.05) is 37.8 Å². The van der Waals surface area contributed by atoms with Crippen molar-refractivity contribution in [3.05, 3.63) is 35.0 Å². The van der Waals surface area contributed by atoms with Crippen molar-refractivity contribution in [2.45, 2.75) is 26.7 Å². The number of primary amides is 1. The molecule has 0 unspecified atom stereocenters. The molecule has 0 radical (unpaired) electrons. The number of hydrogen-bond acceptors (Lipinski definition) is 7. The van der Waals surface area contributed by atoms with E-state index in [-0.39, 0.29) is 18.4 Å². The zero-order valence-electron chi connectivity index (χ0n) is 14.1. The van der Waals surface area contributed by atoms with Gasteiger partial charge in [0.25, 0.3) is 0 Å². The van der Waals surface area contributed by atoms with E-state index in [9.17, 15) is 4.79 Å². The Kier molecular flexibility index (Phi) is 4.39. The SMILES string of the molecule is Cc1cc(C)nc(Nc2cc(C)nc(C3CN(CC(N)=O)C3)n2)n1. The number of amides is 1. The van der Waals surface area contributed by atoms with Crippen molar-refractivity contribution in [1.29, 1.82) is 0 Å². The second-order valence-corrected chi connectivity index (χ2v) is 6.21. The second-order valence-electron chi connectivity index (χ2n) is 6.21. The minimum absolute atomic E-state index is 0.213. The summed E-state index contributed by atoms with van der Waals surface area (Å²) < 4.78 is 0. The van der Waals surface area contributed by atoms with Crippen LogP contribution in [0, 0.1) is 20.8 Å². The Labute approximate surface area is 140 Å². The number of likely N-dealkylation sites (tertiary alicyclic amines) is 1. The number of rotatable bonds is 5. The normalized spacial score (nSPS) is 15.1. The Morgan fingerprint density at radius 2 is 1.75 bits per heavy atom. The zero-order chi connectivity index (χ0) is 17.3. The predicted octanol–water partition coefficient (Wildman–Crippen LogP) is 0.820. The van der Waals surface area contributed by atoms with Crippen molar-refractivity contribution in [3.63, 3.8) is 0 Å². The number of aromatic nitrogens is 4. The van der Waals surface area contributed by atoms with Gasteiger partial charge in [-0.2, -0.15) is 0 Å². The van der Waals surface area contributed by atoms with E-state index in [0.29, 0.717) is 11.8 Å². The monoisotopic (exact) mass is 327 g/mol. The number of carbonyl (C=O) groups is 1. The van der Waals surface area contributed by atoms with E-state index >= 15 is 0 Å². The molecule has 8 nitrogen and oxygen atoms in total. The first kappa shape index (κ1) is 16.3. The van der Waals surface area contributed by atoms with Gasteiger partial charge < -0.3 is 11.1 Å². The van der Waals surface area contributed by atoms with Gasteiger partial charge in [0, 0.05) is 42.2 Å². The Bertz CT molecular complexity index is 751. The summed E-state index contributed by atoms with van der Waals surface area (Å²) in [6.07, 6.45) is 0. The summed E-state index contributed by atoms with van der Waals surface area (Å²) >= 11 is 0. The first-order chi connectivity index (χ1) is 11.4. The van der Waals surface area contributed by atoms with Crippen LogP contribution < -0.4 is 11.1 Å². The number of hydrogen-bond donors (Lipinski definition) is 2. The van der Waals surface area contributed by atoms with Crippen molar-refractivity contribution < 1.29 is 4.79 Å². The molecule has 2 aromatic heterocycles. The maximum atomic E-state index is 10.9. The van der Waals surface area contributed by atoms with Crippen LogP contribution >= 0.6 is 0 Å². The third-order valence-electron chi connectivity index (χ3n) is 3.80. The standard InChI is InChI=1S/C16H21N7O/c1-9-4-10(2)20-16(19-9)22-14-5-11(3)18-15(21-14)12-6-23(7-12)8-13(17)24/h4-5,12H,6-8H2,1-3H3,(H2,17,24)(H,18,19,20,21,22). The van der Waals surface area contributed by atoms with Gasteiger partial charge in [0.2, 0.25) is 11.9 Å². The van der Waals surface area contributed by atoms with E-state index in [2.05, 4.69) is 25.3 Å². The van der Waals surface area contributed by atoms with Crippen LogP contribution in [0.25, 0.3) is 0 Å². The van der Waals surface area contributed by atoms with Crippen LogP contribution in [0.15, 0.2) is 12.1 Å². The van der Waals surface area contributed by atoms with Gasteiger partial charge in [0.05, 0.1) is 6.54 Å². The maximum absolute atomic E-state index is 10.9. The van der Waals surface area contributed by atoms with E-state index < -0.39 is 0 Å². The summed E-state index contributed by atoms with van der Waals surface area (Å²) in [5.41, 5.74) is 7.89. The minimum Gasteiger partial charge on any atom is -0.369 e. The Hall–Kier alpha value is -2.61. The van der Waals surface area contributed by atoms with E-state index in [0.717, 1.165) is 36.0 Å². The van der Waals surface area contributed by atoms with Crippen molar-refractivity contribution in [1.82, 2.24) is 24.8 Å². The number of nitrogens with two attached hydrogens (primary N) is 1.